The molecule has 32 heavy (non-hydrogen) atoms. The average Bonchev–Trinajstić information content (AvgIpc) is 2.84. The molecule has 1 aromatic heterocycles. The van der Waals surface area contributed by atoms with Crippen molar-refractivity contribution in [2.75, 3.05) is 25.3 Å². The Balaban J connectivity index is 1.50. The third-order valence-corrected chi connectivity index (χ3v) is 4.84. The summed E-state index contributed by atoms with van der Waals surface area (Å²) in [4.78, 5) is 8.92. The summed E-state index contributed by atoms with van der Waals surface area (Å²) in [6.07, 6.45) is 1.70. The molecule has 3 aromatic carbocycles. The lowest BCUT2D eigenvalue weighted by molar-refractivity contribution is 0.308. The van der Waals surface area contributed by atoms with Gasteiger partial charge in [-0.2, -0.15) is 0 Å². The van der Waals surface area contributed by atoms with Crippen molar-refractivity contribution in [3.8, 4) is 28.5 Å². The second-order valence-electron chi connectivity index (χ2n) is 6.99. The average molecular weight is 428 g/mol. The van der Waals surface area contributed by atoms with Crippen LogP contribution in [0.2, 0.25) is 0 Å². The van der Waals surface area contributed by atoms with Crippen LogP contribution < -0.4 is 25.3 Å². The van der Waals surface area contributed by atoms with Crippen LogP contribution in [0.3, 0.4) is 0 Å². The smallest absolute Gasteiger partial charge is 0.227 e. The number of methoxy groups -OCH3 is 2. The third kappa shape index (κ3) is 4.89. The summed E-state index contributed by atoms with van der Waals surface area (Å²) in [5.74, 6) is 2.36. The second-order valence-corrected chi connectivity index (χ2v) is 6.99. The van der Waals surface area contributed by atoms with E-state index in [2.05, 4.69) is 15.3 Å². The van der Waals surface area contributed by atoms with Gasteiger partial charge in [-0.05, 0) is 42.0 Å². The lowest BCUT2D eigenvalue weighted by Crippen LogP contribution is -2.00. The summed E-state index contributed by atoms with van der Waals surface area (Å²) in [5, 5.41) is 3.19. The van der Waals surface area contributed by atoms with Crippen LogP contribution in [-0.4, -0.2) is 24.2 Å². The molecule has 0 saturated heterocycles. The molecule has 0 aliphatic carbocycles. The highest BCUT2D eigenvalue weighted by atomic mass is 16.5. The Morgan fingerprint density at radius 3 is 2.38 bits per heavy atom. The normalized spacial score (nSPS) is 10.4. The van der Waals surface area contributed by atoms with E-state index in [1.807, 2.05) is 72.8 Å². The summed E-state index contributed by atoms with van der Waals surface area (Å²) in [6.45, 7) is 0.456. The van der Waals surface area contributed by atoms with Gasteiger partial charge in [0.25, 0.3) is 0 Å². The molecule has 7 heteroatoms. The minimum absolute atomic E-state index is 0.456. The molecule has 0 aliphatic heterocycles. The maximum atomic E-state index is 6.23. The zero-order chi connectivity index (χ0) is 22.3. The van der Waals surface area contributed by atoms with E-state index in [0.717, 1.165) is 22.5 Å². The Kier molecular flexibility index (Phi) is 6.36. The van der Waals surface area contributed by atoms with Crippen LogP contribution in [0, 0.1) is 0 Å². The fraction of sp³-hybridized carbons (Fsp3) is 0.120. The lowest BCUT2D eigenvalue weighted by atomic mass is 10.1. The first-order valence-corrected chi connectivity index (χ1v) is 10.0. The fourth-order valence-corrected chi connectivity index (χ4v) is 3.20. The van der Waals surface area contributed by atoms with Crippen molar-refractivity contribution < 1.29 is 14.2 Å². The van der Waals surface area contributed by atoms with Crippen molar-refractivity contribution in [2.24, 2.45) is 0 Å². The van der Waals surface area contributed by atoms with Crippen LogP contribution in [0.4, 0.5) is 17.3 Å². The molecule has 3 N–H and O–H groups in total. The van der Waals surface area contributed by atoms with E-state index in [0.29, 0.717) is 35.5 Å². The third-order valence-electron chi connectivity index (χ3n) is 4.84. The summed E-state index contributed by atoms with van der Waals surface area (Å²) in [5.41, 5.74) is 10.3. The van der Waals surface area contributed by atoms with Crippen LogP contribution in [0.1, 0.15) is 5.56 Å². The van der Waals surface area contributed by atoms with Gasteiger partial charge in [-0.25, -0.2) is 9.97 Å². The molecule has 0 fully saturated rings. The first-order chi connectivity index (χ1) is 15.7. The highest BCUT2D eigenvalue weighted by Gasteiger charge is 2.09. The van der Waals surface area contributed by atoms with E-state index in [9.17, 15) is 0 Å². The fourth-order valence-electron chi connectivity index (χ4n) is 3.20. The summed E-state index contributed by atoms with van der Waals surface area (Å²) < 4.78 is 16.5. The van der Waals surface area contributed by atoms with Gasteiger partial charge >= 0.3 is 0 Å². The molecule has 0 bridgehead atoms. The van der Waals surface area contributed by atoms with Crippen molar-refractivity contribution in [2.45, 2.75) is 6.61 Å². The highest BCUT2D eigenvalue weighted by Crippen LogP contribution is 2.31. The van der Waals surface area contributed by atoms with Gasteiger partial charge in [-0.3, -0.25) is 0 Å². The van der Waals surface area contributed by atoms with Gasteiger partial charge < -0.3 is 25.3 Å². The van der Waals surface area contributed by atoms with E-state index < -0.39 is 0 Å². The van der Waals surface area contributed by atoms with Crippen molar-refractivity contribution in [3.05, 3.63) is 84.6 Å². The predicted octanol–water partition coefficient (Wildman–Crippen LogP) is 5.07. The highest BCUT2D eigenvalue weighted by molar-refractivity contribution is 5.69. The van der Waals surface area contributed by atoms with Crippen LogP contribution >= 0.6 is 0 Å². The topological polar surface area (TPSA) is 91.5 Å². The molecule has 0 amide bonds. The maximum Gasteiger partial charge on any atom is 0.227 e. The summed E-state index contributed by atoms with van der Waals surface area (Å²) in [6, 6.07) is 22.9. The second kappa shape index (κ2) is 9.70. The van der Waals surface area contributed by atoms with E-state index in [1.165, 1.54) is 0 Å². The number of rotatable bonds is 8. The Morgan fingerprint density at radius 2 is 1.62 bits per heavy atom. The van der Waals surface area contributed by atoms with Crippen molar-refractivity contribution >= 4 is 17.3 Å². The zero-order valence-corrected chi connectivity index (χ0v) is 17.9. The van der Waals surface area contributed by atoms with E-state index in [1.54, 1.807) is 20.4 Å². The Bertz CT molecular complexity index is 1200. The van der Waals surface area contributed by atoms with Crippen molar-refractivity contribution in [1.29, 1.82) is 0 Å². The van der Waals surface area contributed by atoms with Crippen LogP contribution in [0.5, 0.6) is 17.2 Å². The number of benzene rings is 3. The molecule has 0 aliphatic rings. The number of nitrogens with zero attached hydrogens (tertiary/aromatic N) is 2. The van der Waals surface area contributed by atoms with E-state index >= 15 is 0 Å². The first kappa shape index (κ1) is 21.0. The standard InChI is InChI=1S/C25H24N4O3/c1-30-23-11-9-19(15-24(23)31-2)28-25-27-13-12-21(29-25)18-8-10-22(20(26)14-18)32-16-17-6-4-3-5-7-17/h3-15H,16,26H2,1-2H3,(H,27,28,29). The Labute approximate surface area is 186 Å². The number of aromatic nitrogens is 2. The minimum Gasteiger partial charge on any atom is -0.493 e. The molecule has 0 spiro atoms. The van der Waals surface area contributed by atoms with Crippen LogP contribution in [0.15, 0.2) is 79.0 Å². The molecule has 1 heterocycles. The SMILES string of the molecule is COc1ccc(Nc2nccc(-c3ccc(OCc4ccccc4)c(N)c3)n2)cc1OC. The number of hydrogen-bond acceptors (Lipinski definition) is 7. The Hall–Kier alpha value is -4.26. The molecule has 0 radical (unpaired) electrons. The van der Waals surface area contributed by atoms with Gasteiger partial charge in [0.1, 0.15) is 12.4 Å². The minimum atomic E-state index is 0.456. The van der Waals surface area contributed by atoms with E-state index in [4.69, 9.17) is 19.9 Å². The van der Waals surface area contributed by atoms with Gasteiger partial charge in [-0.1, -0.05) is 30.3 Å². The Morgan fingerprint density at radius 1 is 0.844 bits per heavy atom. The molecule has 4 rings (SSSR count). The van der Waals surface area contributed by atoms with Gasteiger partial charge in [0.2, 0.25) is 5.95 Å². The molecule has 0 saturated carbocycles. The molecule has 4 aromatic rings. The lowest BCUT2D eigenvalue weighted by Gasteiger charge is -2.12. The van der Waals surface area contributed by atoms with Gasteiger partial charge in [0, 0.05) is 23.5 Å². The summed E-state index contributed by atoms with van der Waals surface area (Å²) in [7, 11) is 3.19. The monoisotopic (exact) mass is 428 g/mol. The maximum absolute atomic E-state index is 6.23. The molecular formula is C25H24N4O3. The number of nitrogens with two attached hydrogens (primary N) is 1. The number of hydrogen-bond donors (Lipinski definition) is 2. The summed E-state index contributed by atoms with van der Waals surface area (Å²) >= 11 is 0. The number of ether oxygens (including phenoxy) is 3. The quantitative estimate of drug-likeness (QED) is 0.379. The van der Waals surface area contributed by atoms with Crippen molar-refractivity contribution in [3.63, 3.8) is 0 Å². The zero-order valence-electron chi connectivity index (χ0n) is 17.9. The van der Waals surface area contributed by atoms with E-state index in [-0.39, 0.29) is 0 Å². The van der Waals surface area contributed by atoms with Crippen LogP contribution in [-0.2, 0) is 6.61 Å². The molecule has 7 nitrogen and oxygen atoms in total. The number of nitrogens with one attached hydrogen (secondary N) is 1. The first-order valence-electron chi connectivity index (χ1n) is 10.0. The molecule has 0 unspecified atom stereocenters. The van der Waals surface area contributed by atoms with Gasteiger partial charge in [-0.15, -0.1) is 0 Å². The van der Waals surface area contributed by atoms with Gasteiger partial charge in [0.15, 0.2) is 11.5 Å². The molecule has 0 atom stereocenters. The largest absolute Gasteiger partial charge is 0.493 e. The number of anilines is 3. The van der Waals surface area contributed by atoms with Crippen molar-refractivity contribution in [1.82, 2.24) is 9.97 Å². The molecular weight excluding hydrogens is 404 g/mol. The molecule has 162 valence electrons. The van der Waals surface area contributed by atoms with Crippen LogP contribution in [0.25, 0.3) is 11.3 Å². The number of nitrogen functional groups attached to an aromatic ring is 1. The van der Waals surface area contributed by atoms with Gasteiger partial charge in [0.05, 0.1) is 25.6 Å². The predicted molar refractivity (Wildman–Crippen MR) is 125 cm³/mol.